The Bertz CT molecular complexity index is 1080. The first kappa shape index (κ1) is 23.0. The third kappa shape index (κ3) is 4.98. The van der Waals surface area contributed by atoms with Crippen molar-refractivity contribution in [2.24, 2.45) is 11.6 Å². The summed E-state index contributed by atoms with van der Waals surface area (Å²) in [5.41, 5.74) is 7.12. The molecule has 0 saturated heterocycles. The van der Waals surface area contributed by atoms with E-state index in [1.165, 1.54) is 11.1 Å². The molecule has 2 heterocycles. The number of imidazole rings is 1. The number of carbonyl (C=O) groups is 1. The molecule has 170 valence electrons. The number of amides is 1. The van der Waals surface area contributed by atoms with Crippen LogP contribution in [0.5, 0.6) is 0 Å². The molecule has 0 fully saturated rings. The molecule has 0 spiro atoms. The Labute approximate surface area is 185 Å². The number of halogens is 1. The maximum absolute atomic E-state index is 14.2. The van der Waals surface area contributed by atoms with Gasteiger partial charge >= 0.3 is 0 Å². The predicted octanol–water partition coefficient (Wildman–Crippen LogP) is 1.48. The zero-order valence-electron chi connectivity index (χ0n) is 18.2. The molecule has 1 atom stereocenters. The van der Waals surface area contributed by atoms with Crippen LogP contribution in [0.2, 0.25) is 0 Å². The second-order valence-corrected chi connectivity index (χ2v) is 8.13. The summed E-state index contributed by atoms with van der Waals surface area (Å²) in [4.78, 5) is 16.7. The number of carbonyl (C=O) groups excluding carboxylic acids is 1. The minimum Gasteiger partial charge on any atom is -0.400 e. The van der Waals surface area contributed by atoms with E-state index in [1.807, 2.05) is 0 Å². The van der Waals surface area contributed by atoms with E-state index in [0.29, 0.717) is 22.7 Å². The molecule has 1 aromatic heterocycles. The smallest absolute Gasteiger partial charge is 0.253 e. The summed E-state index contributed by atoms with van der Waals surface area (Å²) in [7, 11) is 0. The maximum atomic E-state index is 14.2. The van der Waals surface area contributed by atoms with E-state index in [-0.39, 0.29) is 24.4 Å². The summed E-state index contributed by atoms with van der Waals surface area (Å²) >= 11 is 0. The molecule has 7 N–H and O–H groups in total. The number of aromatic nitrogens is 2. The van der Waals surface area contributed by atoms with Gasteiger partial charge in [-0.25, -0.2) is 15.2 Å². The molecule has 0 bridgehead atoms. The van der Waals surface area contributed by atoms with Crippen molar-refractivity contribution >= 4 is 17.3 Å². The predicted molar refractivity (Wildman–Crippen MR) is 121 cm³/mol. The average molecular weight is 442 g/mol. The highest BCUT2D eigenvalue weighted by molar-refractivity contribution is 5.96. The first-order valence-corrected chi connectivity index (χ1v) is 10.0. The van der Waals surface area contributed by atoms with Gasteiger partial charge in [0, 0.05) is 18.1 Å². The van der Waals surface area contributed by atoms with Gasteiger partial charge in [0.2, 0.25) is 0 Å². The van der Waals surface area contributed by atoms with Crippen LogP contribution in [0.15, 0.2) is 66.4 Å². The first-order chi connectivity index (χ1) is 15.1. The molecule has 1 aliphatic heterocycles. The number of rotatable bonds is 7. The maximum Gasteiger partial charge on any atom is 0.253 e. The minimum atomic E-state index is -0.725. The van der Waals surface area contributed by atoms with Gasteiger partial charge in [0.1, 0.15) is 23.4 Å². The van der Waals surface area contributed by atoms with Crippen molar-refractivity contribution in [1.29, 1.82) is 0 Å². The number of anilines is 1. The summed E-state index contributed by atoms with van der Waals surface area (Å²) in [6.07, 6.45) is 8.07. The van der Waals surface area contributed by atoms with Crippen molar-refractivity contribution in [1.82, 2.24) is 20.2 Å². The Morgan fingerprint density at radius 2 is 2.12 bits per heavy atom. The molecule has 0 saturated carbocycles. The van der Waals surface area contributed by atoms with E-state index in [9.17, 15) is 14.3 Å². The SMILES string of the molecule is C/C(N)=C(\c1cn(C2C=CC(C(=O)NC(C)(C)CO)=CN2)cn1)N(N)c1ccccc1F. The standard InChI is InChI=1S/C22H28FN7O2/c1-14(24)20(30(25)18-7-5-4-6-16(18)23)17-11-29(13-27-17)19-9-8-15(10-26-19)21(32)28-22(2,3)12-31/h4-11,13,19,26,31H,12,24-25H2,1-3H3,(H,28,32)/b20-14-. The van der Waals surface area contributed by atoms with E-state index in [4.69, 9.17) is 11.6 Å². The fourth-order valence-corrected chi connectivity index (χ4v) is 3.11. The van der Waals surface area contributed by atoms with Gasteiger partial charge in [0.25, 0.3) is 5.91 Å². The number of allylic oxidation sites excluding steroid dienone is 1. The molecular formula is C22H28FN7O2. The third-order valence-corrected chi connectivity index (χ3v) is 4.87. The van der Waals surface area contributed by atoms with Gasteiger partial charge in [-0.2, -0.15) is 0 Å². The number of nitrogens with zero attached hydrogens (tertiary/aromatic N) is 3. The van der Waals surface area contributed by atoms with Crippen LogP contribution in [0, 0.1) is 5.82 Å². The van der Waals surface area contributed by atoms with Gasteiger partial charge < -0.3 is 26.0 Å². The van der Waals surface area contributed by atoms with Crippen LogP contribution in [-0.4, -0.2) is 32.7 Å². The molecule has 1 aromatic carbocycles. The number of aliphatic hydroxyl groups excluding tert-OH is 1. The Kier molecular flexibility index (Phi) is 6.66. The zero-order valence-corrected chi connectivity index (χ0v) is 18.2. The largest absolute Gasteiger partial charge is 0.400 e. The molecule has 2 aromatic rings. The quantitative estimate of drug-likeness (QED) is 0.324. The number of benzene rings is 1. The highest BCUT2D eigenvalue weighted by atomic mass is 19.1. The van der Waals surface area contributed by atoms with E-state index < -0.39 is 11.4 Å². The van der Waals surface area contributed by atoms with Gasteiger partial charge in [0.15, 0.2) is 0 Å². The number of para-hydroxylation sites is 1. The minimum absolute atomic E-state index is 0.168. The lowest BCUT2D eigenvalue weighted by atomic mass is 10.1. The Balaban J connectivity index is 1.77. The average Bonchev–Trinajstić information content (AvgIpc) is 3.23. The molecule has 1 aliphatic rings. The number of dihydropyridines is 1. The lowest BCUT2D eigenvalue weighted by molar-refractivity contribution is -0.119. The van der Waals surface area contributed by atoms with Gasteiger partial charge in [0.05, 0.1) is 29.7 Å². The fraction of sp³-hybridized carbons (Fsp3) is 0.273. The third-order valence-electron chi connectivity index (χ3n) is 4.87. The van der Waals surface area contributed by atoms with Crippen molar-refractivity contribution in [3.05, 3.63) is 77.9 Å². The molecule has 0 radical (unpaired) electrons. The summed E-state index contributed by atoms with van der Waals surface area (Å²) in [6.45, 7) is 4.95. The molecule has 0 aliphatic carbocycles. The molecule has 1 amide bonds. The van der Waals surface area contributed by atoms with Gasteiger partial charge in [-0.1, -0.05) is 12.1 Å². The van der Waals surface area contributed by atoms with E-state index in [1.54, 1.807) is 74.4 Å². The lowest BCUT2D eigenvalue weighted by Crippen LogP contribution is -2.47. The van der Waals surface area contributed by atoms with Crippen molar-refractivity contribution in [3.8, 4) is 0 Å². The number of hydrazine groups is 1. The summed E-state index contributed by atoms with van der Waals surface area (Å²) < 4.78 is 16.0. The van der Waals surface area contributed by atoms with Crippen molar-refractivity contribution in [3.63, 3.8) is 0 Å². The molecule has 9 nitrogen and oxygen atoms in total. The Hall–Kier alpha value is -3.63. The van der Waals surface area contributed by atoms with Crippen LogP contribution in [0.25, 0.3) is 5.70 Å². The van der Waals surface area contributed by atoms with Crippen molar-refractivity contribution < 1.29 is 14.3 Å². The van der Waals surface area contributed by atoms with Crippen molar-refractivity contribution in [2.45, 2.75) is 32.5 Å². The normalized spacial score (nSPS) is 16.7. The van der Waals surface area contributed by atoms with Crippen molar-refractivity contribution in [2.75, 3.05) is 11.6 Å². The van der Waals surface area contributed by atoms with E-state index >= 15 is 0 Å². The number of aliphatic hydroxyl groups is 1. The first-order valence-electron chi connectivity index (χ1n) is 10.0. The highest BCUT2D eigenvalue weighted by Crippen LogP contribution is 2.26. The van der Waals surface area contributed by atoms with E-state index in [0.717, 1.165) is 0 Å². The fourth-order valence-electron chi connectivity index (χ4n) is 3.11. The number of nitrogens with one attached hydrogen (secondary N) is 2. The monoisotopic (exact) mass is 441 g/mol. The second-order valence-electron chi connectivity index (χ2n) is 8.13. The van der Waals surface area contributed by atoms with Crippen LogP contribution in [-0.2, 0) is 4.79 Å². The topological polar surface area (TPSA) is 134 Å². The Morgan fingerprint density at radius 3 is 2.72 bits per heavy atom. The van der Waals surface area contributed by atoms with Crippen LogP contribution in [0.3, 0.4) is 0 Å². The Morgan fingerprint density at radius 1 is 1.41 bits per heavy atom. The van der Waals surface area contributed by atoms with Crippen LogP contribution in [0.4, 0.5) is 10.1 Å². The number of hydrogen-bond acceptors (Lipinski definition) is 7. The van der Waals surface area contributed by atoms with Crippen LogP contribution in [0.1, 0.15) is 32.6 Å². The summed E-state index contributed by atoms with van der Waals surface area (Å²) in [5, 5.41) is 16.4. The van der Waals surface area contributed by atoms with E-state index in [2.05, 4.69) is 15.6 Å². The second kappa shape index (κ2) is 9.25. The molecular weight excluding hydrogens is 413 g/mol. The van der Waals surface area contributed by atoms with Crippen LogP contribution < -0.4 is 27.2 Å². The summed E-state index contributed by atoms with van der Waals surface area (Å²) in [6, 6.07) is 6.12. The summed E-state index contributed by atoms with van der Waals surface area (Å²) in [5.74, 6) is 5.40. The number of nitrogens with two attached hydrogens (primary N) is 2. The molecule has 3 rings (SSSR count). The van der Waals surface area contributed by atoms with Gasteiger partial charge in [-0.05, 0) is 45.1 Å². The zero-order chi connectivity index (χ0) is 23.5. The van der Waals surface area contributed by atoms with Gasteiger partial charge in [-0.15, -0.1) is 0 Å². The van der Waals surface area contributed by atoms with Crippen LogP contribution >= 0.6 is 0 Å². The molecule has 1 unspecified atom stereocenters. The molecule has 32 heavy (non-hydrogen) atoms. The lowest BCUT2D eigenvalue weighted by Gasteiger charge is -2.25. The molecule has 10 heteroatoms. The highest BCUT2D eigenvalue weighted by Gasteiger charge is 2.23. The number of hydrogen-bond donors (Lipinski definition) is 5. The van der Waals surface area contributed by atoms with Gasteiger partial charge in [-0.3, -0.25) is 9.80 Å².